The third-order valence-corrected chi connectivity index (χ3v) is 6.29. The van der Waals surface area contributed by atoms with Crippen LogP contribution in [0.3, 0.4) is 0 Å². The Morgan fingerprint density at radius 1 is 1.07 bits per heavy atom. The Hall–Kier alpha value is -2.77. The van der Waals surface area contributed by atoms with Gasteiger partial charge in [-0.3, -0.25) is 0 Å². The summed E-state index contributed by atoms with van der Waals surface area (Å²) in [5.41, 5.74) is 5.21. The van der Waals surface area contributed by atoms with E-state index in [9.17, 15) is 15.0 Å². The Bertz CT molecular complexity index is 1050. The molecule has 0 spiro atoms. The van der Waals surface area contributed by atoms with Gasteiger partial charge < -0.3 is 14.9 Å². The van der Waals surface area contributed by atoms with Crippen LogP contribution < -0.4 is 0 Å². The molecule has 4 nitrogen and oxygen atoms in total. The van der Waals surface area contributed by atoms with Gasteiger partial charge in [-0.1, -0.05) is 51.7 Å². The van der Waals surface area contributed by atoms with Crippen molar-refractivity contribution < 1.29 is 19.7 Å². The molecule has 158 valence electrons. The van der Waals surface area contributed by atoms with Gasteiger partial charge in [0.25, 0.3) is 0 Å². The number of phenolic OH excluding ortho intramolecular Hbond substituents is 1. The Balaban J connectivity index is 1.95. The number of hydrogen-bond donors (Lipinski definition) is 2. The molecule has 0 heterocycles. The van der Waals surface area contributed by atoms with Crippen LogP contribution in [0, 0.1) is 18.8 Å². The molecular formula is C26H30O4. The van der Waals surface area contributed by atoms with Crippen molar-refractivity contribution in [1.82, 2.24) is 0 Å². The summed E-state index contributed by atoms with van der Waals surface area (Å²) in [7, 11) is 1.26. The molecule has 1 unspecified atom stereocenters. The molecule has 1 atom stereocenters. The number of fused-ring (bicyclic) bond motifs is 1. The number of carbonyl (C=O) groups excluding carboxylic acids is 1. The molecule has 2 N–H and O–H groups in total. The fourth-order valence-electron chi connectivity index (χ4n) is 4.15. The first-order valence-corrected chi connectivity index (χ1v) is 10.2. The van der Waals surface area contributed by atoms with Crippen LogP contribution in [0.15, 0.2) is 30.3 Å². The van der Waals surface area contributed by atoms with E-state index in [2.05, 4.69) is 56.4 Å². The van der Waals surface area contributed by atoms with Crippen LogP contribution in [0.5, 0.6) is 5.75 Å². The number of rotatable bonds is 2. The SMILES string of the molecule is COC(=O)c1ccc(C#CC(O)c2cc3c(cc2C)C(C)(C)CCC3(C)C)cc1O. The zero-order valence-electron chi connectivity index (χ0n) is 18.6. The number of benzene rings is 2. The molecule has 0 radical (unpaired) electrons. The van der Waals surface area contributed by atoms with Crippen LogP contribution >= 0.6 is 0 Å². The normalized spacial score (nSPS) is 17.3. The maximum Gasteiger partial charge on any atom is 0.341 e. The largest absolute Gasteiger partial charge is 0.507 e. The van der Waals surface area contributed by atoms with Crippen molar-refractivity contribution in [3.05, 3.63) is 63.7 Å². The maximum absolute atomic E-state index is 11.6. The molecule has 30 heavy (non-hydrogen) atoms. The maximum atomic E-state index is 11.6. The monoisotopic (exact) mass is 406 g/mol. The van der Waals surface area contributed by atoms with Crippen LogP contribution in [0.2, 0.25) is 0 Å². The van der Waals surface area contributed by atoms with Crippen LogP contribution in [-0.4, -0.2) is 23.3 Å². The molecule has 0 aromatic heterocycles. The van der Waals surface area contributed by atoms with Crippen LogP contribution in [0.4, 0.5) is 0 Å². The second kappa shape index (κ2) is 7.81. The molecule has 1 aliphatic carbocycles. The molecule has 1 aliphatic rings. The molecule has 4 heteroatoms. The molecule has 0 aliphatic heterocycles. The summed E-state index contributed by atoms with van der Waals surface area (Å²) in [6.07, 6.45) is 1.29. The number of aliphatic hydroxyl groups is 1. The molecular weight excluding hydrogens is 376 g/mol. The van der Waals surface area contributed by atoms with Crippen LogP contribution in [-0.2, 0) is 15.6 Å². The minimum atomic E-state index is -0.946. The number of aryl methyl sites for hydroxylation is 1. The van der Waals surface area contributed by atoms with Crippen LogP contribution in [0.1, 0.15) is 84.8 Å². The number of carbonyl (C=O) groups is 1. The van der Waals surface area contributed by atoms with Crippen molar-refractivity contribution in [2.75, 3.05) is 7.11 Å². The van der Waals surface area contributed by atoms with Crippen LogP contribution in [0.25, 0.3) is 0 Å². The van der Waals surface area contributed by atoms with Gasteiger partial charge in [-0.05, 0) is 71.0 Å². The summed E-state index contributed by atoms with van der Waals surface area (Å²) in [5.74, 6) is 4.97. The van der Waals surface area contributed by atoms with Gasteiger partial charge in [-0.15, -0.1) is 0 Å². The lowest BCUT2D eigenvalue weighted by atomic mass is 9.62. The standard InChI is InChI=1S/C26H30O4/c1-16-13-20-21(26(4,5)12-11-25(20,2)3)15-19(16)22(27)10-8-17-7-9-18(23(28)14-17)24(29)30-6/h7,9,13-15,22,27-28H,11-12H2,1-6H3. The van der Waals surface area contributed by atoms with Gasteiger partial charge in [-0.2, -0.15) is 0 Å². The van der Waals surface area contributed by atoms with E-state index in [1.165, 1.54) is 30.4 Å². The highest BCUT2D eigenvalue weighted by Gasteiger charge is 2.37. The topological polar surface area (TPSA) is 66.8 Å². The Kier molecular flexibility index (Phi) is 5.71. The predicted molar refractivity (Wildman–Crippen MR) is 118 cm³/mol. The van der Waals surface area contributed by atoms with E-state index < -0.39 is 12.1 Å². The highest BCUT2D eigenvalue weighted by molar-refractivity contribution is 5.92. The number of ether oxygens (including phenoxy) is 1. The number of esters is 1. The number of aliphatic hydroxyl groups excluding tert-OH is 1. The second-order valence-corrected chi connectivity index (χ2v) is 9.42. The first-order chi connectivity index (χ1) is 14.0. The first kappa shape index (κ1) is 21.9. The molecule has 2 aromatic rings. The van der Waals surface area contributed by atoms with Crippen molar-refractivity contribution in [3.8, 4) is 17.6 Å². The summed E-state index contributed by atoms with van der Waals surface area (Å²) >= 11 is 0. The zero-order valence-corrected chi connectivity index (χ0v) is 18.6. The van der Waals surface area contributed by atoms with Crippen molar-refractivity contribution >= 4 is 5.97 Å². The fourth-order valence-corrected chi connectivity index (χ4v) is 4.15. The predicted octanol–water partition coefficient (Wildman–Crippen LogP) is 4.92. The van der Waals surface area contributed by atoms with Gasteiger partial charge in [-0.25, -0.2) is 4.79 Å². The average molecular weight is 407 g/mol. The smallest absolute Gasteiger partial charge is 0.341 e. The van der Waals surface area contributed by atoms with E-state index in [4.69, 9.17) is 0 Å². The van der Waals surface area contributed by atoms with E-state index in [1.54, 1.807) is 6.07 Å². The molecule has 3 rings (SSSR count). The third-order valence-electron chi connectivity index (χ3n) is 6.29. The highest BCUT2D eigenvalue weighted by Crippen LogP contribution is 2.47. The van der Waals surface area contributed by atoms with Gasteiger partial charge in [0.05, 0.1) is 7.11 Å². The molecule has 0 fully saturated rings. The second-order valence-electron chi connectivity index (χ2n) is 9.42. The van der Waals surface area contributed by atoms with Gasteiger partial charge in [0, 0.05) is 5.56 Å². The minimum absolute atomic E-state index is 0.0515. The summed E-state index contributed by atoms with van der Waals surface area (Å²) in [4.78, 5) is 11.6. The van der Waals surface area contributed by atoms with E-state index in [1.807, 2.05) is 6.92 Å². The van der Waals surface area contributed by atoms with E-state index in [-0.39, 0.29) is 22.1 Å². The number of hydrogen-bond acceptors (Lipinski definition) is 4. The Labute approximate surface area is 178 Å². The Morgan fingerprint density at radius 3 is 2.23 bits per heavy atom. The average Bonchev–Trinajstić information content (AvgIpc) is 2.69. The lowest BCUT2D eigenvalue weighted by Gasteiger charge is -2.42. The van der Waals surface area contributed by atoms with Gasteiger partial charge in [0.1, 0.15) is 17.4 Å². The molecule has 0 saturated heterocycles. The van der Waals surface area contributed by atoms with E-state index in [0.29, 0.717) is 5.56 Å². The molecule has 2 aromatic carbocycles. The fraction of sp³-hybridized carbons (Fsp3) is 0.423. The Morgan fingerprint density at radius 2 is 1.67 bits per heavy atom. The quantitative estimate of drug-likeness (QED) is 0.549. The summed E-state index contributed by atoms with van der Waals surface area (Å²) in [5, 5.41) is 20.8. The number of aromatic hydroxyl groups is 1. The zero-order chi connectivity index (χ0) is 22.3. The van der Waals surface area contributed by atoms with Crippen molar-refractivity contribution in [1.29, 1.82) is 0 Å². The molecule has 0 amide bonds. The lowest BCUT2D eigenvalue weighted by Crippen LogP contribution is -2.34. The van der Waals surface area contributed by atoms with Gasteiger partial charge in [0.2, 0.25) is 0 Å². The highest BCUT2D eigenvalue weighted by atomic mass is 16.5. The lowest BCUT2D eigenvalue weighted by molar-refractivity contribution is 0.0597. The van der Waals surface area contributed by atoms with E-state index >= 15 is 0 Å². The van der Waals surface area contributed by atoms with Crippen molar-refractivity contribution in [2.45, 2.75) is 64.4 Å². The van der Waals surface area contributed by atoms with Gasteiger partial charge in [0.15, 0.2) is 0 Å². The summed E-state index contributed by atoms with van der Waals surface area (Å²) in [6, 6.07) is 8.80. The molecule has 0 bridgehead atoms. The van der Waals surface area contributed by atoms with Gasteiger partial charge >= 0.3 is 5.97 Å². The van der Waals surface area contributed by atoms with Crippen molar-refractivity contribution in [2.24, 2.45) is 0 Å². The first-order valence-electron chi connectivity index (χ1n) is 10.2. The third kappa shape index (κ3) is 4.08. The summed E-state index contributed by atoms with van der Waals surface area (Å²) < 4.78 is 4.63. The van der Waals surface area contributed by atoms with Crippen molar-refractivity contribution in [3.63, 3.8) is 0 Å². The number of phenols is 1. The number of methoxy groups -OCH3 is 1. The van der Waals surface area contributed by atoms with E-state index in [0.717, 1.165) is 24.0 Å². The minimum Gasteiger partial charge on any atom is -0.507 e. The molecule has 0 saturated carbocycles. The summed E-state index contributed by atoms with van der Waals surface area (Å²) in [6.45, 7) is 11.1.